The van der Waals surface area contributed by atoms with Crippen molar-refractivity contribution >= 4 is 28.1 Å². The van der Waals surface area contributed by atoms with Crippen LogP contribution < -0.4 is 14.9 Å². The Morgan fingerprint density at radius 3 is 2.53 bits per heavy atom. The van der Waals surface area contributed by atoms with Gasteiger partial charge in [-0.3, -0.25) is 9.59 Å². The van der Waals surface area contributed by atoms with Gasteiger partial charge >= 0.3 is 0 Å². The van der Waals surface area contributed by atoms with E-state index in [0.29, 0.717) is 32.9 Å². The SMILES string of the molecule is COc1ccc(-c2oc3cc(C)cc(C)c3c(=O)c2OCC(=O)c2cccs2)cc1. The second-order valence-corrected chi connectivity index (χ2v) is 7.91. The number of fused-ring (bicyclic) bond motifs is 1. The third-order valence-electron chi connectivity index (χ3n) is 4.79. The third-order valence-corrected chi connectivity index (χ3v) is 5.70. The maximum absolute atomic E-state index is 13.4. The molecular weight excluding hydrogens is 400 g/mol. The fourth-order valence-electron chi connectivity index (χ4n) is 3.38. The number of Topliss-reactive ketones (excluding diaryl/α,β-unsaturated/α-hetero) is 1. The summed E-state index contributed by atoms with van der Waals surface area (Å²) in [6.45, 7) is 3.56. The molecule has 6 heteroatoms. The van der Waals surface area contributed by atoms with Gasteiger partial charge in [-0.2, -0.15) is 0 Å². The van der Waals surface area contributed by atoms with Crippen LogP contribution in [0.1, 0.15) is 20.8 Å². The Kier molecular flexibility index (Phi) is 5.42. The van der Waals surface area contributed by atoms with Gasteiger partial charge in [0.15, 0.2) is 12.4 Å². The number of hydrogen-bond acceptors (Lipinski definition) is 6. The van der Waals surface area contributed by atoms with Crippen molar-refractivity contribution in [1.29, 1.82) is 0 Å². The van der Waals surface area contributed by atoms with Gasteiger partial charge in [0.2, 0.25) is 17.0 Å². The van der Waals surface area contributed by atoms with Crippen LogP contribution >= 0.6 is 11.3 Å². The summed E-state index contributed by atoms with van der Waals surface area (Å²) in [6.07, 6.45) is 0. The van der Waals surface area contributed by atoms with Crippen LogP contribution in [0.25, 0.3) is 22.3 Å². The molecule has 152 valence electrons. The number of carbonyl (C=O) groups is 1. The first-order chi connectivity index (χ1) is 14.5. The predicted molar refractivity (Wildman–Crippen MR) is 118 cm³/mol. The molecule has 0 atom stereocenters. The second kappa shape index (κ2) is 8.16. The van der Waals surface area contributed by atoms with E-state index in [1.54, 1.807) is 43.5 Å². The zero-order valence-corrected chi connectivity index (χ0v) is 17.7. The molecule has 0 N–H and O–H groups in total. The Morgan fingerprint density at radius 2 is 1.87 bits per heavy atom. The molecule has 0 aliphatic carbocycles. The van der Waals surface area contributed by atoms with E-state index < -0.39 is 0 Å². The van der Waals surface area contributed by atoms with Crippen molar-refractivity contribution < 1.29 is 18.7 Å². The molecule has 2 aromatic carbocycles. The number of ketones is 1. The number of ether oxygens (including phenoxy) is 2. The van der Waals surface area contributed by atoms with Gasteiger partial charge in [0, 0.05) is 5.56 Å². The number of carbonyl (C=O) groups excluding carboxylic acids is 1. The lowest BCUT2D eigenvalue weighted by Gasteiger charge is -2.13. The fraction of sp³-hybridized carbons (Fsp3) is 0.167. The zero-order valence-electron chi connectivity index (χ0n) is 16.9. The summed E-state index contributed by atoms with van der Waals surface area (Å²) in [5.74, 6) is 0.818. The summed E-state index contributed by atoms with van der Waals surface area (Å²) in [6, 6.07) is 14.4. The average Bonchev–Trinajstić information content (AvgIpc) is 3.27. The van der Waals surface area contributed by atoms with Crippen molar-refractivity contribution in [3.05, 3.63) is 80.1 Å². The monoisotopic (exact) mass is 420 g/mol. The number of benzene rings is 2. The van der Waals surface area contributed by atoms with Gasteiger partial charge in [0.05, 0.1) is 17.4 Å². The Hall–Kier alpha value is -3.38. The van der Waals surface area contributed by atoms with Gasteiger partial charge in [-0.1, -0.05) is 12.1 Å². The minimum absolute atomic E-state index is 0.0320. The number of rotatable bonds is 6. The molecule has 30 heavy (non-hydrogen) atoms. The van der Waals surface area contributed by atoms with Crippen molar-refractivity contribution in [3.8, 4) is 22.8 Å². The minimum atomic E-state index is -0.293. The van der Waals surface area contributed by atoms with E-state index >= 15 is 0 Å². The van der Waals surface area contributed by atoms with Gasteiger partial charge in [-0.25, -0.2) is 0 Å². The summed E-state index contributed by atoms with van der Waals surface area (Å²) >= 11 is 1.34. The Morgan fingerprint density at radius 1 is 1.10 bits per heavy atom. The minimum Gasteiger partial charge on any atom is -0.497 e. The Balaban J connectivity index is 1.85. The van der Waals surface area contributed by atoms with E-state index in [-0.39, 0.29) is 23.6 Å². The largest absolute Gasteiger partial charge is 0.497 e. The van der Waals surface area contributed by atoms with Crippen LogP contribution in [0.15, 0.2) is 63.1 Å². The number of methoxy groups -OCH3 is 1. The fourth-order valence-corrected chi connectivity index (χ4v) is 4.03. The summed E-state index contributed by atoms with van der Waals surface area (Å²) in [5.41, 5.74) is 2.64. The van der Waals surface area contributed by atoms with Crippen molar-refractivity contribution in [2.75, 3.05) is 13.7 Å². The molecule has 2 aromatic heterocycles. The van der Waals surface area contributed by atoms with Crippen LogP contribution in [-0.2, 0) is 0 Å². The highest BCUT2D eigenvalue weighted by atomic mass is 32.1. The molecule has 0 aliphatic heterocycles. The van der Waals surface area contributed by atoms with Crippen molar-refractivity contribution in [2.24, 2.45) is 0 Å². The molecule has 0 unspecified atom stereocenters. The maximum Gasteiger partial charge on any atom is 0.235 e. The lowest BCUT2D eigenvalue weighted by molar-refractivity contribution is 0.0924. The van der Waals surface area contributed by atoms with Gasteiger partial charge in [0.25, 0.3) is 0 Å². The van der Waals surface area contributed by atoms with E-state index in [1.807, 2.05) is 31.4 Å². The molecule has 0 aliphatic rings. The predicted octanol–water partition coefficient (Wildman–Crippen LogP) is 5.41. The molecule has 0 radical (unpaired) electrons. The molecule has 0 amide bonds. The van der Waals surface area contributed by atoms with E-state index in [1.165, 1.54) is 11.3 Å². The quantitative estimate of drug-likeness (QED) is 0.390. The smallest absolute Gasteiger partial charge is 0.235 e. The van der Waals surface area contributed by atoms with Gasteiger partial charge in [-0.05, 0) is 66.8 Å². The zero-order chi connectivity index (χ0) is 21.3. The highest BCUT2D eigenvalue weighted by molar-refractivity contribution is 7.12. The van der Waals surface area contributed by atoms with E-state index in [9.17, 15) is 9.59 Å². The van der Waals surface area contributed by atoms with Gasteiger partial charge < -0.3 is 13.9 Å². The van der Waals surface area contributed by atoms with E-state index in [2.05, 4.69) is 0 Å². The highest BCUT2D eigenvalue weighted by Crippen LogP contribution is 2.33. The lowest BCUT2D eigenvalue weighted by atomic mass is 10.0. The standard InChI is InChI=1S/C24H20O5S/c1-14-11-15(2)21-19(12-14)29-23(16-6-8-17(27-3)9-7-16)24(22(21)26)28-13-18(25)20-5-4-10-30-20/h4-12H,13H2,1-3H3. The Labute approximate surface area is 177 Å². The van der Waals surface area contributed by atoms with Crippen molar-refractivity contribution in [3.63, 3.8) is 0 Å². The number of thiophene rings is 1. The first kappa shape index (κ1) is 19.9. The molecule has 0 saturated carbocycles. The molecule has 0 bridgehead atoms. The number of hydrogen-bond donors (Lipinski definition) is 0. The van der Waals surface area contributed by atoms with E-state index in [4.69, 9.17) is 13.9 Å². The Bertz CT molecular complexity index is 1270. The topological polar surface area (TPSA) is 65.7 Å². The summed E-state index contributed by atoms with van der Waals surface area (Å²) in [7, 11) is 1.58. The lowest BCUT2D eigenvalue weighted by Crippen LogP contribution is -2.17. The van der Waals surface area contributed by atoms with Crippen LogP contribution in [0.2, 0.25) is 0 Å². The first-order valence-corrected chi connectivity index (χ1v) is 10.3. The summed E-state index contributed by atoms with van der Waals surface area (Å²) in [5, 5.41) is 2.28. The summed E-state index contributed by atoms with van der Waals surface area (Å²) in [4.78, 5) is 26.4. The molecule has 0 fully saturated rings. The third kappa shape index (κ3) is 3.74. The van der Waals surface area contributed by atoms with Crippen LogP contribution in [-0.4, -0.2) is 19.5 Å². The molecule has 5 nitrogen and oxygen atoms in total. The molecule has 0 spiro atoms. The molecule has 0 saturated heterocycles. The summed E-state index contributed by atoms with van der Waals surface area (Å²) < 4.78 is 17.1. The molecule has 4 aromatic rings. The van der Waals surface area contributed by atoms with Crippen LogP contribution in [0.4, 0.5) is 0 Å². The van der Waals surface area contributed by atoms with Crippen LogP contribution in [0.3, 0.4) is 0 Å². The maximum atomic E-state index is 13.4. The normalized spacial score (nSPS) is 10.9. The van der Waals surface area contributed by atoms with Crippen LogP contribution in [0, 0.1) is 13.8 Å². The van der Waals surface area contributed by atoms with E-state index in [0.717, 1.165) is 11.1 Å². The first-order valence-electron chi connectivity index (χ1n) is 9.40. The molecular formula is C24H20O5S. The molecule has 2 heterocycles. The van der Waals surface area contributed by atoms with Crippen molar-refractivity contribution in [1.82, 2.24) is 0 Å². The highest BCUT2D eigenvalue weighted by Gasteiger charge is 2.21. The number of aryl methyl sites for hydroxylation is 2. The van der Waals surface area contributed by atoms with Crippen LogP contribution in [0.5, 0.6) is 11.5 Å². The average molecular weight is 420 g/mol. The van der Waals surface area contributed by atoms with Gasteiger partial charge in [0.1, 0.15) is 11.3 Å². The molecule has 4 rings (SSSR count). The van der Waals surface area contributed by atoms with Crippen molar-refractivity contribution in [2.45, 2.75) is 13.8 Å². The van der Waals surface area contributed by atoms with Gasteiger partial charge in [-0.15, -0.1) is 11.3 Å². The second-order valence-electron chi connectivity index (χ2n) is 6.96.